The number of hydrogen-bond donors (Lipinski definition) is 1. The lowest BCUT2D eigenvalue weighted by molar-refractivity contribution is 0.476. The van der Waals surface area contributed by atoms with E-state index in [1.54, 1.807) is 6.20 Å². The Bertz CT molecular complexity index is 855. The Balaban J connectivity index is 1.76. The first kappa shape index (κ1) is 15.5. The molecule has 0 radical (unpaired) electrons. The average molecular weight is 316 g/mol. The second kappa shape index (κ2) is 7.25. The molecule has 118 valence electrons. The predicted octanol–water partition coefficient (Wildman–Crippen LogP) is 4.06. The number of nitrogens with one attached hydrogen (secondary N) is 1. The second-order valence-corrected chi connectivity index (χ2v) is 5.28. The summed E-state index contributed by atoms with van der Waals surface area (Å²) in [6.07, 6.45) is 2.99. The number of ether oxygens (including phenoxy) is 1. The molecule has 0 amide bonds. The van der Waals surface area contributed by atoms with Gasteiger partial charge in [-0.15, -0.1) is 0 Å². The summed E-state index contributed by atoms with van der Waals surface area (Å²) in [5.41, 5.74) is 2.43. The van der Waals surface area contributed by atoms with Crippen molar-refractivity contribution >= 4 is 5.82 Å². The molecule has 5 nitrogen and oxygen atoms in total. The van der Waals surface area contributed by atoms with Gasteiger partial charge < -0.3 is 10.1 Å². The summed E-state index contributed by atoms with van der Waals surface area (Å²) in [6, 6.07) is 17.7. The van der Waals surface area contributed by atoms with Crippen molar-refractivity contribution in [2.45, 2.75) is 13.5 Å². The maximum absolute atomic E-state index is 8.75. The van der Waals surface area contributed by atoms with E-state index in [9.17, 15) is 0 Å². The Hall–Kier alpha value is -3.39. The number of nitriles is 1. The van der Waals surface area contributed by atoms with E-state index < -0.39 is 0 Å². The minimum Gasteiger partial charge on any atom is -0.457 e. The zero-order valence-corrected chi connectivity index (χ0v) is 13.2. The van der Waals surface area contributed by atoms with E-state index >= 15 is 0 Å². The van der Waals surface area contributed by atoms with E-state index in [-0.39, 0.29) is 0 Å². The van der Waals surface area contributed by atoms with Crippen molar-refractivity contribution in [2.24, 2.45) is 0 Å². The van der Waals surface area contributed by atoms with Crippen molar-refractivity contribution < 1.29 is 4.74 Å². The van der Waals surface area contributed by atoms with Gasteiger partial charge in [0.1, 0.15) is 23.4 Å². The Morgan fingerprint density at radius 1 is 1.08 bits per heavy atom. The Morgan fingerprint density at radius 3 is 2.62 bits per heavy atom. The first-order valence-electron chi connectivity index (χ1n) is 7.53. The fourth-order valence-corrected chi connectivity index (χ4v) is 2.18. The van der Waals surface area contributed by atoms with Crippen molar-refractivity contribution in [1.82, 2.24) is 9.97 Å². The fraction of sp³-hybridized carbons (Fsp3) is 0.105. The predicted molar refractivity (Wildman–Crippen MR) is 91.8 cm³/mol. The first-order chi connectivity index (χ1) is 11.7. The van der Waals surface area contributed by atoms with Gasteiger partial charge in [0.25, 0.3) is 0 Å². The first-order valence-corrected chi connectivity index (χ1v) is 7.53. The highest BCUT2D eigenvalue weighted by Crippen LogP contribution is 2.27. The molecule has 0 spiro atoms. The van der Waals surface area contributed by atoms with Gasteiger partial charge in [0, 0.05) is 12.1 Å². The van der Waals surface area contributed by atoms with Gasteiger partial charge in [-0.25, -0.2) is 9.97 Å². The standard InChI is InChI=1S/C19H16N4O/c1-14-7-8-15(11-22-19-13-21-16(10-20)12-23-19)18(9-14)24-17-5-3-2-4-6-17/h2-9,12-13H,11H2,1H3,(H,22,23). The molecule has 1 N–H and O–H groups in total. The van der Waals surface area contributed by atoms with Crippen molar-refractivity contribution in [3.05, 3.63) is 77.7 Å². The quantitative estimate of drug-likeness (QED) is 0.768. The van der Waals surface area contributed by atoms with E-state index in [1.165, 1.54) is 6.20 Å². The van der Waals surface area contributed by atoms with Crippen LogP contribution in [-0.2, 0) is 6.54 Å². The highest BCUT2D eigenvalue weighted by molar-refractivity contribution is 5.43. The number of benzene rings is 2. The van der Waals surface area contributed by atoms with Crippen LogP contribution in [0.4, 0.5) is 5.82 Å². The Labute approximate surface area is 140 Å². The highest BCUT2D eigenvalue weighted by Gasteiger charge is 2.06. The smallest absolute Gasteiger partial charge is 0.158 e. The molecule has 0 aliphatic rings. The van der Waals surface area contributed by atoms with Gasteiger partial charge >= 0.3 is 0 Å². The van der Waals surface area contributed by atoms with E-state index in [1.807, 2.05) is 61.5 Å². The molecule has 24 heavy (non-hydrogen) atoms. The third kappa shape index (κ3) is 3.87. The van der Waals surface area contributed by atoms with Crippen LogP contribution in [-0.4, -0.2) is 9.97 Å². The maximum atomic E-state index is 8.75. The van der Waals surface area contributed by atoms with E-state index in [0.29, 0.717) is 18.1 Å². The molecule has 5 heteroatoms. The SMILES string of the molecule is Cc1ccc(CNc2cnc(C#N)cn2)c(Oc2ccccc2)c1. The largest absolute Gasteiger partial charge is 0.457 e. The highest BCUT2D eigenvalue weighted by atomic mass is 16.5. The molecular weight excluding hydrogens is 300 g/mol. The summed E-state index contributed by atoms with van der Waals surface area (Å²) < 4.78 is 6.00. The third-order valence-corrected chi connectivity index (χ3v) is 3.42. The van der Waals surface area contributed by atoms with Crippen LogP contribution < -0.4 is 10.1 Å². The molecule has 0 unspecified atom stereocenters. The van der Waals surface area contributed by atoms with Crippen molar-refractivity contribution in [3.63, 3.8) is 0 Å². The molecule has 3 rings (SSSR count). The summed E-state index contributed by atoms with van der Waals surface area (Å²) in [7, 11) is 0. The molecule has 2 aromatic carbocycles. The summed E-state index contributed by atoms with van der Waals surface area (Å²) in [6.45, 7) is 2.57. The average Bonchev–Trinajstić information content (AvgIpc) is 2.62. The molecule has 3 aromatic rings. The zero-order chi connectivity index (χ0) is 16.8. The molecule has 1 heterocycles. The normalized spacial score (nSPS) is 10.0. The monoisotopic (exact) mass is 316 g/mol. The summed E-state index contributed by atoms with van der Waals surface area (Å²) in [4.78, 5) is 8.16. The summed E-state index contributed by atoms with van der Waals surface area (Å²) in [5, 5.41) is 11.9. The van der Waals surface area contributed by atoms with Gasteiger partial charge in [0.2, 0.25) is 0 Å². The van der Waals surface area contributed by atoms with Crippen LogP contribution in [0, 0.1) is 18.3 Å². The topological polar surface area (TPSA) is 70.8 Å². The lowest BCUT2D eigenvalue weighted by Gasteiger charge is -2.13. The van der Waals surface area contributed by atoms with Crippen LogP contribution >= 0.6 is 0 Å². The van der Waals surface area contributed by atoms with Gasteiger partial charge in [-0.05, 0) is 30.7 Å². The summed E-state index contributed by atoms with van der Waals surface area (Å²) in [5.74, 6) is 2.21. The molecule has 0 bridgehead atoms. The fourth-order valence-electron chi connectivity index (χ4n) is 2.18. The van der Waals surface area contributed by atoms with Crippen LogP contribution in [0.15, 0.2) is 60.9 Å². The molecular formula is C19H16N4O. The van der Waals surface area contributed by atoms with Crippen LogP contribution in [0.25, 0.3) is 0 Å². The molecule has 0 saturated heterocycles. The second-order valence-electron chi connectivity index (χ2n) is 5.28. The minimum atomic E-state index is 0.295. The number of aryl methyl sites for hydroxylation is 1. The maximum Gasteiger partial charge on any atom is 0.158 e. The summed E-state index contributed by atoms with van der Waals surface area (Å²) >= 11 is 0. The molecule has 0 fully saturated rings. The number of hydrogen-bond acceptors (Lipinski definition) is 5. The van der Waals surface area contributed by atoms with E-state index in [0.717, 1.165) is 22.6 Å². The Morgan fingerprint density at radius 2 is 1.92 bits per heavy atom. The molecule has 0 atom stereocenters. The van der Waals surface area contributed by atoms with E-state index in [2.05, 4.69) is 15.3 Å². The lowest BCUT2D eigenvalue weighted by atomic mass is 10.1. The number of para-hydroxylation sites is 1. The van der Waals surface area contributed by atoms with Gasteiger partial charge in [-0.2, -0.15) is 5.26 Å². The van der Waals surface area contributed by atoms with Crippen molar-refractivity contribution in [1.29, 1.82) is 5.26 Å². The van der Waals surface area contributed by atoms with Crippen molar-refractivity contribution in [3.8, 4) is 17.6 Å². The van der Waals surface area contributed by atoms with Crippen LogP contribution in [0.1, 0.15) is 16.8 Å². The molecule has 0 aliphatic heterocycles. The van der Waals surface area contributed by atoms with Gasteiger partial charge in [0.15, 0.2) is 5.69 Å². The number of aromatic nitrogens is 2. The van der Waals surface area contributed by atoms with Crippen LogP contribution in [0.3, 0.4) is 0 Å². The number of nitrogens with zero attached hydrogens (tertiary/aromatic N) is 3. The number of rotatable bonds is 5. The molecule has 0 aliphatic carbocycles. The molecule has 1 aromatic heterocycles. The minimum absolute atomic E-state index is 0.295. The van der Waals surface area contributed by atoms with Gasteiger partial charge in [0.05, 0.1) is 12.4 Å². The third-order valence-electron chi connectivity index (χ3n) is 3.42. The Kier molecular flexibility index (Phi) is 4.68. The number of anilines is 1. The van der Waals surface area contributed by atoms with Gasteiger partial charge in [-0.3, -0.25) is 0 Å². The molecule has 0 saturated carbocycles. The van der Waals surface area contributed by atoms with E-state index in [4.69, 9.17) is 10.00 Å². The lowest BCUT2D eigenvalue weighted by Crippen LogP contribution is -2.04. The van der Waals surface area contributed by atoms with Crippen LogP contribution in [0.5, 0.6) is 11.5 Å². The van der Waals surface area contributed by atoms with Gasteiger partial charge in [-0.1, -0.05) is 30.3 Å². The van der Waals surface area contributed by atoms with Crippen molar-refractivity contribution in [2.75, 3.05) is 5.32 Å². The van der Waals surface area contributed by atoms with Crippen LogP contribution in [0.2, 0.25) is 0 Å². The zero-order valence-electron chi connectivity index (χ0n) is 13.2.